The van der Waals surface area contributed by atoms with Crippen LogP contribution >= 0.6 is 0 Å². The number of halogens is 1. The van der Waals surface area contributed by atoms with E-state index in [1.54, 1.807) is 12.1 Å². The molecule has 0 radical (unpaired) electrons. The van der Waals surface area contributed by atoms with E-state index in [4.69, 9.17) is 4.74 Å². The molecule has 1 aromatic rings. The van der Waals surface area contributed by atoms with E-state index in [-0.39, 0.29) is 5.82 Å². The van der Waals surface area contributed by atoms with Crippen molar-refractivity contribution in [3.05, 3.63) is 30.1 Å². The summed E-state index contributed by atoms with van der Waals surface area (Å²) in [5, 5.41) is 3.40. The number of nitrogens with zero attached hydrogens (tertiary/aromatic N) is 1. The van der Waals surface area contributed by atoms with Crippen LogP contribution in [-0.4, -0.2) is 39.9 Å². The molecule has 0 aromatic heterocycles. The molecule has 0 spiro atoms. The minimum Gasteiger partial charge on any atom is -0.382 e. The Balaban J connectivity index is 2.04. The van der Waals surface area contributed by atoms with Crippen LogP contribution in [0.15, 0.2) is 24.3 Å². The Morgan fingerprint density at radius 3 is 2.58 bits per heavy atom. The molecule has 0 aliphatic heterocycles. The molecule has 0 unspecified atom stereocenters. The Labute approximate surface area is 115 Å². The number of unbranched alkanes of at least 4 members (excludes halogenated alkanes) is 1. The van der Waals surface area contributed by atoms with Gasteiger partial charge in [-0.25, -0.2) is 4.39 Å². The minimum atomic E-state index is -0.190. The van der Waals surface area contributed by atoms with Gasteiger partial charge >= 0.3 is 0 Å². The van der Waals surface area contributed by atoms with Crippen molar-refractivity contribution in [1.82, 2.24) is 5.32 Å². The van der Waals surface area contributed by atoms with Gasteiger partial charge in [-0.2, -0.15) is 0 Å². The fourth-order valence-corrected chi connectivity index (χ4v) is 1.79. The van der Waals surface area contributed by atoms with Gasteiger partial charge in [0.25, 0.3) is 0 Å². The normalized spacial score (nSPS) is 10.7. The van der Waals surface area contributed by atoms with Gasteiger partial charge in [-0.3, -0.25) is 0 Å². The van der Waals surface area contributed by atoms with Crippen LogP contribution < -0.4 is 10.2 Å². The Kier molecular flexibility index (Phi) is 8.18. The van der Waals surface area contributed by atoms with Crippen molar-refractivity contribution in [3.63, 3.8) is 0 Å². The number of anilines is 1. The first-order valence-corrected chi connectivity index (χ1v) is 6.99. The maximum absolute atomic E-state index is 12.8. The van der Waals surface area contributed by atoms with E-state index < -0.39 is 0 Å². The summed E-state index contributed by atoms with van der Waals surface area (Å²) in [5.41, 5.74) is 1.04. The van der Waals surface area contributed by atoms with Crippen LogP contribution in [0, 0.1) is 5.82 Å². The number of rotatable bonds is 10. The summed E-state index contributed by atoms with van der Waals surface area (Å²) in [6, 6.07) is 6.59. The predicted molar refractivity (Wildman–Crippen MR) is 78.3 cm³/mol. The van der Waals surface area contributed by atoms with Gasteiger partial charge in [-0.1, -0.05) is 0 Å². The van der Waals surface area contributed by atoms with Crippen LogP contribution in [0.1, 0.15) is 19.8 Å². The maximum Gasteiger partial charge on any atom is 0.123 e. The summed E-state index contributed by atoms with van der Waals surface area (Å²) < 4.78 is 18.1. The van der Waals surface area contributed by atoms with Crippen molar-refractivity contribution in [1.29, 1.82) is 0 Å². The van der Waals surface area contributed by atoms with Gasteiger partial charge in [0.1, 0.15) is 5.82 Å². The number of hydrogen-bond donors (Lipinski definition) is 1. The van der Waals surface area contributed by atoms with Crippen molar-refractivity contribution in [2.45, 2.75) is 19.8 Å². The molecule has 1 aromatic carbocycles. The van der Waals surface area contributed by atoms with E-state index in [9.17, 15) is 4.39 Å². The van der Waals surface area contributed by atoms with Crippen molar-refractivity contribution >= 4 is 5.69 Å². The van der Waals surface area contributed by atoms with Crippen LogP contribution in [0.25, 0.3) is 0 Å². The highest BCUT2D eigenvalue weighted by Crippen LogP contribution is 2.12. The third-order valence-corrected chi connectivity index (χ3v) is 2.99. The Bertz CT molecular complexity index is 329. The lowest BCUT2D eigenvalue weighted by Crippen LogP contribution is -2.29. The van der Waals surface area contributed by atoms with Crippen LogP contribution in [0.5, 0.6) is 0 Å². The molecule has 108 valence electrons. The van der Waals surface area contributed by atoms with E-state index in [1.165, 1.54) is 12.1 Å². The highest BCUT2D eigenvalue weighted by Gasteiger charge is 2.00. The van der Waals surface area contributed by atoms with Gasteiger partial charge < -0.3 is 15.0 Å². The third kappa shape index (κ3) is 7.13. The summed E-state index contributed by atoms with van der Waals surface area (Å²) in [7, 11) is 2.02. The SMILES string of the molecule is CCOCCCCNCCN(C)c1ccc(F)cc1. The summed E-state index contributed by atoms with van der Waals surface area (Å²) >= 11 is 0. The second-order valence-corrected chi connectivity index (χ2v) is 4.55. The average Bonchev–Trinajstić information content (AvgIpc) is 2.42. The lowest BCUT2D eigenvalue weighted by atomic mass is 10.3. The molecule has 0 saturated heterocycles. The highest BCUT2D eigenvalue weighted by molar-refractivity contribution is 5.45. The fraction of sp³-hybridized carbons (Fsp3) is 0.600. The molecule has 1 rings (SSSR count). The van der Waals surface area contributed by atoms with Crippen molar-refractivity contribution in [2.24, 2.45) is 0 Å². The van der Waals surface area contributed by atoms with E-state index >= 15 is 0 Å². The largest absolute Gasteiger partial charge is 0.382 e. The third-order valence-electron chi connectivity index (χ3n) is 2.99. The van der Waals surface area contributed by atoms with Crippen molar-refractivity contribution in [3.8, 4) is 0 Å². The fourth-order valence-electron chi connectivity index (χ4n) is 1.79. The van der Waals surface area contributed by atoms with Crippen molar-refractivity contribution < 1.29 is 9.13 Å². The zero-order valence-electron chi connectivity index (χ0n) is 12.0. The van der Waals surface area contributed by atoms with Gasteiger partial charge in [0.05, 0.1) is 0 Å². The van der Waals surface area contributed by atoms with E-state index in [2.05, 4.69) is 10.2 Å². The van der Waals surface area contributed by atoms with Crippen LogP contribution in [0.4, 0.5) is 10.1 Å². The molecule has 3 nitrogen and oxygen atoms in total. The molecule has 0 atom stereocenters. The summed E-state index contributed by atoms with van der Waals surface area (Å²) in [6.07, 6.45) is 2.24. The van der Waals surface area contributed by atoms with Gasteiger partial charge in [0, 0.05) is 39.0 Å². The zero-order valence-corrected chi connectivity index (χ0v) is 12.0. The standard InChI is InChI=1S/C15H25FN2O/c1-3-19-13-5-4-10-17-11-12-18(2)15-8-6-14(16)7-9-15/h6-9,17H,3-5,10-13H2,1-2H3. The molecule has 0 heterocycles. The van der Waals surface area contributed by atoms with E-state index in [0.717, 1.165) is 51.4 Å². The summed E-state index contributed by atoms with van der Waals surface area (Å²) in [4.78, 5) is 2.12. The molecule has 4 heteroatoms. The van der Waals surface area contributed by atoms with Crippen molar-refractivity contribution in [2.75, 3.05) is 44.8 Å². The minimum absolute atomic E-state index is 0.190. The van der Waals surface area contributed by atoms with Gasteiger partial charge in [0.2, 0.25) is 0 Å². The lowest BCUT2D eigenvalue weighted by molar-refractivity contribution is 0.143. The number of nitrogens with one attached hydrogen (secondary N) is 1. The van der Waals surface area contributed by atoms with Gasteiger partial charge in [0.15, 0.2) is 0 Å². The quantitative estimate of drug-likeness (QED) is 0.660. The average molecular weight is 268 g/mol. The first kappa shape index (κ1) is 15.9. The first-order valence-electron chi connectivity index (χ1n) is 6.99. The zero-order chi connectivity index (χ0) is 13.9. The number of ether oxygens (including phenoxy) is 1. The summed E-state index contributed by atoms with van der Waals surface area (Å²) in [5.74, 6) is -0.190. The highest BCUT2D eigenvalue weighted by atomic mass is 19.1. The number of likely N-dealkylation sites (N-methyl/N-ethyl adjacent to an activating group) is 1. The first-order chi connectivity index (χ1) is 9.24. The molecule has 1 N–H and O–H groups in total. The number of hydrogen-bond acceptors (Lipinski definition) is 3. The Morgan fingerprint density at radius 1 is 1.16 bits per heavy atom. The lowest BCUT2D eigenvalue weighted by Gasteiger charge is -2.19. The smallest absolute Gasteiger partial charge is 0.123 e. The molecule has 0 aliphatic carbocycles. The van der Waals surface area contributed by atoms with Crippen LogP contribution in [-0.2, 0) is 4.74 Å². The molecule has 0 amide bonds. The summed E-state index contributed by atoms with van der Waals surface area (Å²) in [6.45, 7) is 6.54. The van der Waals surface area contributed by atoms with E-state index in [0.29, 0.717) is 0 Å². The number of benzene rings is 1. The van der Waals surface area contributed by atoms with Gasteiger partial charge in [-0.15, -0.1) is 0 Å². The Morgan fingerprint density at radius 2 is 1.89 bits per heavy atom. The molecule has 0 fully saturated rings. The molecule has 0 saturated carbocycles. The molecule has 0 aliphatic rings. The van der Waals surface area contributed by atoms with E-state index in [1.807, 2.05) is 14.0 Å². The molecular formula is C15H25FN2O. The molecule has 0 bridgehead atoms. The second kappa shape index (κ2) is 9.75. The molecular weight excluding hydrogens is 243 g/mol. The maximum atomic E-state index is 12.8. The topological polar surface area (TPSA) is 24.5 Å². The molecule has 19 heavy (non-hydrogen) atoms. The predicted octanol–water partition coefficient (Wildman–Crippen LogP) is 2.67. The second-order valence-electron chi connectivity index (χ2n) is 4.55. The van der Waals surface area contributed by atoms with Gasteiger partial charge in [-0.05, 0) is 50.6 Å². The van der Waals surface area contributed by atoms with Crippen LogP contribution in [0.3, 0.4) is 0 Å². The monoisotopic (exact) mass is 268 g/mol. The Hall–Kier alpha value is -1.13. The van der Waals surface area contributed by atoms with Crippen LogP contribution in [0.2, 0.25) is 0 Å².